The number of halogens is 3. The second-order valence-electron chi connectivity index (χ2n) is 8.31. The fourth-order valence-electron chi connectivity index (χ4n) is 3.39. The fraction of sp³-hybridized carbons (Fsp3) is 0.280. The van der Waals surface area contributed by atoms with Gasteiger partial charge in [-0.15, -0.1) is 0 Å². The van der Waals surface area contributed by atoms with Crippen molar-refractivity contribution in [3.8, 4) is 17.1 Å². The zero-order valence-electron chi connectivity index (χ0n) is 18.7. The van der Waals surface area contributed by atoms with Crippen LogP contribution in [0.4, 0.5) is 13.2 Å². The number of rotatable bonds is 8. The van der Waals surface area contributed by atoms with Crippen LogP contribution < -0.4 is 4.74 Å². The number of carbonyl (C=O) groups is 2. The molecular weight excluding hydrogens is 453 g/mol. The van der Waals surface area contributed by atoms with Gasteiger partial charge in [0.25, 0.3) is 0 Å². The van der Waals surface area contributed by atoms with Crippen LogP contribution in [0.15, 0.2) is 59.0 Å². The molecule has 0 bridgehead atoms. The van der Waals surface area contributed by atoms with E-state index in [0.717, 1.165) is 17.7 Å². The number of aromatic carboxylic acids is 1. The molecular formula is C25H23F3O6. The maximum Gasteiger partial charge on any atom is 0.416 e. The molecule has 0 atom stereocenters. The lowest BCUT2D eigenvalue weighted by atomic mass is 9.86. The highest BCUT2D eigenvalue weighted by molar-refractivity contribution is 5.90. The monoisotopic (exact) mass is 476 g/mol. The Morgan fingerprint density at radius 3 is 2.15 bits per heavy atom. The first kappa shape index (κ1) is 24.9. The van der Waals surface area contributed by atoms with Crippen LogP contribution in [-0.4, -0.2) is 24.2 Å². The van der Waals surface area contributed by atoms with Gasteiger partial charge in [-0.3, -0.25) is 4.79 Å². The van der Waals surface area contributed by atoms with Crippen molar-refractivity contribution < 1.29 is 41.8 Å². The molecule has 1 N–H and O–H groups in total. The van der Waals surface area contributed by atoms with Crippen LogP contribution in [0.3, 0.4) is 0 Å². The van der Waals surface area contributed by atoms with Gasteiger partial charge in [0.2, 0.25) is 0 Å². The molecule has 0 unspecified atom stereocenters. The summed E-state index contributed by atoms with van der Waals surface area (Å²) in [4.78, 5) is 23.5. The van der Waals surface area contributed by atoms with Crippen molar-refractivity contribution in [2.24, 2.45) is 5.41 Å². The van der Waals surface area contributed by atoms with E-state index in [2.05, 4.69) is 0 Å². The summed E-state index contributed by atoms with van der Waals surface area (Å²) in [6.07, 6.45) is -4.02. The van der Waals surface area contributed by atoms with Crippen molar-refractivity contribution in [3.63, 3.8) is 0 Å². The van der Waals surface area contributed by atoms with E-state index < -0.39 is 23.1 Å². The number of methoxy groups -OCH3 is 1. The normalized spacial score (nSPS) is 11.8. The number of hydrogen-bond donors (Lipinski definition) is 1. The molecule has 180 valence electrons. The number of carboxylic acid groups (broad SMARTS) is 1. The topological polar surface area (TPSA) is 86.0 Å². The van der Waals surface area contributed by atoms with Gasteiger partial charge in [-0.25, -0.2) is 4.79 Å². The summed E-state index contributed by atoms with van der Waals surface area (Å²) in [5.41, 5.74) is -0.471. The molecule has 0 aliphatic carbocycles. The molecule has 1 heterocycles. The first-order valence-electron chi connectivity index (χ1n) is 10.2. The molecule has 0 fully saturated rings. The molecule has 0 aliphatic rings. The second kappa shape index (κ2) is 9.62. The number of benzene rings is 2. The minimum Gasteiger partial charge on any atom is -0.486 e. The zero-order chi connectivity index (χ0) is 25.1. The maximum atomic E-state index is 12.8. The van der Waals surface area contributed by atoms with Crippen LogP contribution in [0.5, 0.6) is 5.75 Å². The predicted molar refractivity (Wildman–Crippen MR) is 116 cm³/mol. The number of carboxylic acids is 1. The van der Waals surface area contributed by atoms with Crippen LogP contribution >= 0.6 is 0 Å². The number of furan rings is 1. The van der Waals surface area contributed by atoms with Crippen LogP contribution in [-0.2, 0) is 28.7 Å². The van der Waals surface area contributed by atoms with Gasteiger partial charge in [-0.2, -0.15) is 13.2 Å². The quantitative estimate of drug-likeness (QED) is 0.402. The molecule has 0 amide bonds. The van der Waals surface area contributed by atoms with E-state index in [-0.39, 0.29) is 29.7 Å². The van der Waals surface area contributed by atoms with E-state index in [4.69, 9.17) is 13.9 Å². The van der Waals surface area contributed by atoms with Gasteiger partial charge in [0.05, 0.1) is 18.1 Å². The lowest BCUT2D eigenvalue weighted by molar-refractivity contribution is -0.150. The average Bonchev–Trinajstić information content (AvgIpc) is 3.22. The van der Waals surface area contributed by atoms with Crippen molar-refractivity contribution in [1.29, 1.82) is 0 Å². The Hall–Kier alpha value is -3.75. The summed E-state index contributed by atoms with van der Waals surface area (Å²) >= 11 is 0. The first-order valence-corrected chi connectivity index (χ1v) is 10.2. The summed E-state index contributed by atoms with van der Waals surface area (Å²) in [6, 6.07) is 12.4. The smallest absolute Gasteiger partial charge is 0.416 e. The van der Waals surface area contributed by atoms with Gasteiger partial charge >= 0.3 is 18.1 Å². The molecule has 2 aromatic carbocycles. The van der Waals surface area contributed by atoms with Gasteiger partial charge in [-0.1, -0.05) is 24.3 Å². The van der Waals surface area contributed by atoms with Crippen LogP contribution in [0, 0.1) is 5.41 Å². The minimum atomic E-state index is -4.47. The Morgan fingerprint density at radius 1 is 1.00 bits per heavy atom. The third-order valence-electron chi connectivity index (χ3n) is 5.21. The van der Waals surface area contributed by atoms with Crippen molar-refractivity contribution in [2.75, 3.05) is 7.11 Å². The molecule has 0 saturated carbocycles. The molecule has 0 radical (unpaired) electrons. The number of carbonyl (C=O) groups excluding carboxylic acids is 1. The number of ether oxygens (including phenoxy) is 2. The summed E-state index contributed by atoms with van der Waals surface area (Å²) in [5.74, 6) is -0.983. The highest BCUT2D eigenvalue weighted by Gasteiger charge is 2.30. The summed E-state index contributed by atoms with van der Waals surface area (Å²) in [6.45, 7) is 3.36. The van der Waals surface area contributed by atoms with Crippen molar-refractivity contribution in [3.05, 3.63) is 77.0 Å². The molecule has 9 heteroatoms. The van der Waals surface area contributed by atoms with E-state index in [1.165, 1.54) is 25.3 Å². The highest BCUT2D eigenvalue weighted by atomic mass is 19.4. The zero-order valence-corrected chi connectivity index (χ0v) is 18.7. The first-order chi connectivity index (χ1) is 15.9. The standard InChI is InChI=1S/C25H23F3O6/c1-24(2,23(31)32-3)13-15-4-10-18(11-5-15)33-14-21-19(22(29)30)12-20(34-21)16-6-8-17(9-7-16)25(26,27)28/h4-12H,13-14H2,1-3H3,(H,29,30). The van der Waals surface area contributed by atoms with Crippen LogP contribution in [0.25, 0.3) is 11.3 Å². The third kappa shape index (κ3) is 5.78. The Kier molecular flexibility index (Phi) is 7.04. The molecule has 34 heavy (non-hydrogen) atoms. The van der Waals surface area contributed by atoms with Crippen molar-refractivity contribution in [2.45, 2.75) is 33.1 Å². The maximum absolute atomic E-state index is 12.8. The van der Waals surface area contributed by atoms with Gasteiger partial charge in [-0.05, 0) is 56.2 Å². The van der Waals surface area contributed by atoms with E-state index in [0.29, 0.717) is 17.7 Å². The lowest BCUT2D eigenvalue weighted by Gasteiger charge is -2.21. The van der Waals surface area contributed by atoms with Crippen LogP contribution in [0.2, 0.25) is 0 Å². The van der Waals surface area contributed by atoms with Crippen molar-refractivity contribution >= 4 is 11.9 Å². The van der Waals surface area contributed by atoms with Gasteiger partial charge < -0.3 is 19.0 Å². The molecule has 0 aliphatic heterocycles. The Morgan fingerprint density at radius 2 is 1.62 bits per heavy atom. The SMILES string of the molecule is COC(=O)C(C)(C)Cc1ccc(OCc2oc(-c3ccc(C(F)(F)F)cc3)cc2C(=O)O)cc1. The Balaban J connectivity index is 1.73. The number of hydrogen-bond acceptors (Lipinski definition) is 5. The van der Waals surface area contributed by atoms with Gasteiger partial charge in [0.15, 0.2) is 5.76 Å². The Labute approximate surface area is 193 Å². The van der Waals surface area contributed by atoms with Gasteiger partial charge in [0, 0.05) is 5.56 Å². The largest absolute Gasteiger partial charge is 0.486 e. The van der Waals surface area contributed by atoms with E-state index >= 15 is 0 Å². The number of esters is 1. The third-order valence-corrected chi connectivity index (χ3v) is 5.21. The molecule has 3 rings (SSSR count). The predicted octanol–water partition coefficient (Wildman–Crippen LogP) is 5.98. The van der Waals surface area contributed by atoms with Crippen molar-refractivity contribution in [1.82, 2.24) is 0 Å². The summed E-state index contributed by atoms with van der Waals surface area (Å²) in [7, 11) is 1.34. The van der Waals surface area contributed by atoms with E-state index in [1.54, 1.807) is 38.1 Å². The molecule has 0 saturated heterocycles. The molecule has 0 spiro atoms. The fourth-order valence-corrected chi connectivity index (χ4v) is 3.39. The summed E-state index contributed by atoms with van der Waals surface area (Å²) in [5, 5.41) is 9.48. The van der Waals surface area contributed by atoms with E-state index in [9.17, 15) is 27.9 Å². The molecule has 3 aromatic rings. The number of alkyl halides is 3. The summed E-state index contributed by atoms with van der Waals surface area (Å²) < 4.78 is 54.4. The van der Waals surface area contributed by atoms with Crippen LogP contribution in [0.1, 0.15) is 41.1 Å². The molecule has 1 aromatic heterocycles. The minimum absolute atomic E-state index is 0.0262. The average molecular weight is 476 g/mol. The molecule has 6 nitrogen and oxygen atoms in total. The lowest BCUT2D eigenvalue weighted by Crippen LogP contribution is -2.27. The highest BCUT2D eigenvalue weighted by Crippen LogP contribution is 2.32. The Bertz CT molecular complexity index is 1160. The second-order valence-corrected chi connectivity index (χ2v) is 8.31. The van der Waals surface area contributed by atoms with E-state index in [1.807, 2.05) is 0 Å². The van der Waals surface area contributed by atoms with Gasteiger partial charge in [0.1, 0.15) is 23.7 Å².